The van der Waals surface area contributed by atoms with Crippen LogP contribution in [0.2, 0.25) is 0 Å². The van der Waals surface area contributed by atoms with E-state index < -0.39 is 12.0 Å². The van der Waals surface area contributed by atoms with Gasteiger partial charge in [-0.2, -0.15) is 0 Å². The number of hydrogen-bond donors (Lipinski definition) is 2. The Hall–Kier alpha value is -3.15. The van der Waals surface area contributed by atoms with Crippen molar-refractivity contribution in [1.82, 2.24) is 10.6 Å². The molecule has 0 saturated heterocycles. The van der Waals surface area contributed by atoms with Gasteiger partial charge in [0.15, 0.2) is 6.61 Å². The Bertz CT molecular complexity index is 846. The lowest BCUT2D eigenvalue weighted by Gasteiger charge is -2.19. The van der Waals surface area contributed by atoms with Crippen LogP contribution in [0.5, 0.6) is 0 Å². The van der Waals surface area contributed by atoms with Gasteiger partial charge in [-0.3, -0.25) is 14.4 Å². The molecule has 1 unspecified atom stereocenters. The Morgan fingerprint density at radius 1 is 0.871 bits per heavy atom. The number of amides is 2. The zero-order chi connectivity index (χ0) is 21.9. The SMILES string of the molecule is O=C(COC(=O)CC(NC(=O)c1ccccc1)c1ccccc1)NC1CCCCCC1. The van der Waals surface area contributed by atoms with Crippen LogP contribution in [0.25, 0.3) is 0 Å². The third-order valence-electron chi connectivity index (χ3n) is 5.50. The maximum atomic E-state index is 12.6. The van der Waals surface area contributed by atoms with Gasteiger partial charge in [-0.05, 0) is 30.5 Å². The number of carbonyl (C=O) groups excluding carboxylic acids is 3. The molecule has 164 valence electrons. The van der Waals surface area contributed by atoms with Crippen LogP contribution in [0, 0.1) is 0 Å². The molecule has 0 aromatic heterocycles. The lowest BCUT2D eigenvalue weighted by molar-refractivity contribution is -0.149. The summed E-state index contributed by atoms with van der Waals surface area (Å²) >= 11 is 0. The number of hydrogen-bond acceptors (Lipinski definition) is 4. The summed E-state index contributed by atoms with van der Waals surface area (Å²) in [7, 11) is 0. The minimum atomic E-state index is -0.550. The molecule has 1 saturated carbocycles. The summed E-state index contributed by atoms with van der Waals surface area (Å²) in [6.45, 7) is -0.302. The van der Waals surface area contributed by atoms with Crippen molar-refractivity contribution in [3.63, 3.8) is 0 Å². The molecule has 0 heterocycles. The molecule has 1 aliphatic rings. The Morgan fingerprint density at radius 2 is 1.48 bits per heavy atom. The van der Waals surface area contributed by atoms with Gasteiger partial charge < -0.3 is 15.4 Å². The van der Waals surface area contributed by atoms with E-state index in [0.717, 1.165) is 31.2 Å². The molecule has 2 aromatic carbocycles. The van der Waals surface area contributed by atoms with Gasteiger partial charge in [0, 0.05) is 11.6 Å². The normalized spacial score (nSPS) is 15.4. The lowest BCUT2D eigenvalue weighted by atomic mass is 10.0. The van der Waals surface area contributed by atoms with Crippen LogP contribution < -0.4 is 10.6 Å². The molecular weight excluding hydrogens is 392 g/mol. The summed E-state index contributed by atoms with van der Waals surface area (Å²) in [5.41, 5.74) is 1.31. The van der Waals surface area contributed by atoms with E-state index in [1.54, 1.807) is 24.3 Å². The van der Waals surface area contributed by atoms with Crippen molar-refractivity contribution in [3.8, 4) is 0 Å². The van der Waals surface area contributed by atoms with E-state index in [-0.39, 0.29) is 30.9 Å². The summed E-state index contributed by atoms with van der Waals surface area (Å²) in [6.07, 6.45) is 6.53. The van der Waals surface area contributed by atoms with Crippen molar-refractivity contribution < 1.29 is 19.1 Å². The molecule has 1 aliphatic carbocycles. The molecule has 31 heavy (non-hydrogen) atoms. The molecule has 2 N–H and O–H groups in total. The molecule has 2 aromatic rings. The number of nitrogens with one attached hydrogen (secondary N) is 2. The third-order valence-corrected chi connectivity index (χ3v) is 5.50. The van der Waals surface area contributed by atoms with Gasteiger partial charge in [0.2, 0.25) is 0 Å². The number of benzene rings is 2. The van der Waals surface area contributed by atoms with Crippen molar-refractivity contribution in [1.29, 1.82) is 0 Å². The second-order valence-electron chi connectivity index (χ2n) is 7.92. The number of rotatable bonds is 8. The first-order valence-corrected chi connectivity index (χ1v) is 11.0. The number of carbonyl (C=O) groups is 3. The molecule has 1 fully saturated rings. The van der Waals surface area contributed by atoms with Crippen molar-refractivity contribution >= 4 is 17.8 Å². The van der Waals surface area contributed by atoms with Crippen molar-refractivity contribution in [2.24, 2.45) is 0 Å². The fourth-order valence-corrected chi connectivity index (χ4v) is 3.83. The van der Waals surface area contributed by atoms with E-state index >= 15 is 0 Å². The summed E-state index contributed by atoms with van der Waals surface area (Å²) in [4.78, 5) is 37.2. The number of ether oxygens (including phenoxy) is 1. The molecule has 0 radical (unpaired) electrons. The third kappa shape index (κ3) is 7.55. The van der Waals surface area contributed by atoms with Gasteiger partial charge in [0.1, 0.15) is 0 Å². The Balaban J connectivity index is 1.54. The quantitative estimate of drug-likeness (QED) is 0.499. The maximum Gasteiger partial charge on any atom is 0.308 e. The standard InChI is InChI=1S/C25H30N2O4/c28-23(26-21-15-9-1-2-10-16-21)18-31-24(29)17-22(19-11-5-3-6-12-19)27-25(30)20-13-7-4-8-14-20/h3-8,11-14,21-22H,1-2,9-10,15-18H2,(H,26,28)(H,27,30). The van der Waals surface area contributed by atoms with E-state index in [4.69, 9.17) is 4.74 Å². The van der Waals surface area contributed by atoms with Crippen LogP contribution in [-0.2, 0) is 14.3 Å². The fourth-order valence-electron chi connectivity index (χ4n) is 3.83. The molecular formula is C25H30N2O4. The van der Waals surface area contributed by atoms with Crippen LogP contribution in [0.3, 0.4) is 0 Å². The highest BCUT2D eigenvalue weighted by atomic mass is 16.5. The number of esters is 1. The van der Waals surface area contributed by atoms with Crippen molar-refractivity contribution in [3.05, 3.63) is 71.8 Å². The largest absolute Gasteiger partial charge is 0.456 e. The molecule has 6 heteroatoms. The molecule has 0 aliphatic heterocycles. The zero-order valence-electron chi connectivity index (χ0n) is 17.7. The van der Waals surface area contributed by atoms with E-state index in [9.17, 15) is 14.4 Å². The molecule has 0 spiro atoms. The van der Waals surface area contributed by atoms with Crippen molar-refractivity contribution in [2.75, 3.05) is 6.61 Å². The summed E-state index contributed by atoms with van der Waals surface area (Å²) in [6, 6.07) is 17.7. The minimum absolute atomic E-state index is 0.0563. The monoisotopic (exact) mass is 422 g/mol. The van der Waals surface area contributed by atoms with Gasteiger partial charge in [-0.15, -0.1) is 0 Å². The molecule has 0 bridgehead atoms. The highest BCUT2D eigenvalue weighted by Gasteiger charge is 2.21. The fraction of sp³-hybridized carbons (Fsp3) is 0.400. The van der Waals surface area contributed by atoms with Crippen LogP contribution in [0.4, 0.5) is 0 Å². The predicted octanol–water partition coefficient (Wildman–Crippen LogP) is 3.93. The highest BCUT2D eigenvalue weighted by Crippen LogP contribution is 2.19. The van der Waals surface area contributed by atoms with E-state index in [0.29, 0.717) is 5.56 Å². The van der Waals surface area contributed by atoms with Gasteiger partial charge in [-0.25, -0.2) is 0 Å². The molecule has 6 nitrogen and oxygen atoms in total. The van der Waals surface area contributed by atoms with E-state index in [1.807, 2.05) is 36.4 Å². The Labute approximate surface area is 183 Å². The predicted molar refractivity (Wildman–Crippen MR) is 118 cm³/mol. The molecule has 3 rings (SSSR count). The first kappa shape index (κ1) is 22.5. The average molecular weight is 423 g/mol. The van der Waals surface area contributed by atoms with Crippen LogP contribution >= 0.6 is 0 Å². The Morgan fingerprint density at radius 3 is 2.13 bits per heavy atom. The van der Waals surface area contributed by atoms with Crippen LogP contribution in [0.15, 0.2) is 60.7 Å². The minimum Gasteiger partial charge on any atom is -0.456 e. The maximum absolute atomic E-state index is 12.6. The topological polar surface area (TPSA) is 84.5 Å². The second-order valence-corrected chi connectivity index (χ2v) is 7.92. The Kier molecular flexibility index (Phi) is 8.64. The zero-order valence-corrected chi connectivity index (χ0v) is 17.7. The summed E-state index contributed by atoms with van der Waals surface area (Å²) in [5, 5.41) is 5.87. The first-order chi connectivity index (χ1) is 15.1. The van der Waals surface area contributed by atoms with Gasteiger partial charge in [0.05, 0.1) is 12.5 Å². The smallest absolute Gasteiger partial charge is 0.308 e. The van der Waals surface area contributed by atoms with E-state index in [1.165, 1.54) is 12.8 Å². The molecule has 2 amide bonds. The van der Waals surface area contributed by atoms with Gasteiger partial charge in [0.25, 0.3) is 11.8 Å². The lowest BCUT2D eigenvalue weighted by Crippen LogP contribution is -2.37. The molecule has 1 atom stereocenters. The highest BCUT2D eigenvalue weighted by molar-refractivity contribution is 5.94. The second kappa shape index (κ2) is 11.9. The van der Waals surface area contributed by atoms with Crippen LogP contribution in [-0.4, -0.2) is 30.4 Å². The van der Waals surface area contributed by atoms with Gasteiger partial charge >= 0.3 is 5.97 Å². The summed E-state index contributed by atoms with van der Waals surface area (Å²) in [5.74, 6) is -1.07. The van der Waals surface area contributed by atoms with Crippen LogP contribution in [0.1, 0.15) is 66.9 Å². The first-order valence-electron chi connectivity index (χ1n) is 11.0. The van der Waals surface area contributed by atoms with E-state index in [2.05, 4.69) is 10.6 Å². The van der Waals surface area contributed by atoms with Crippen molar-refractivity contribution in [2.45, 2.75) is 57.0 Å². The average Bonchev–Trinajstić information content (AvgIpc) is 3.07. The summed E-state index contributed by atoms with van der Waals surface area (Å²) < 4.78 is 5.21. The van der Waals surface area contributed by atoms with Gasteiger partial charge in [-0.1, -0.05) is 74.2 Å².